The van der Waals surface area contributed by atoms with Gasteiger partial charge in [0.05, 0.1) is 17.6 Å². The fourth-order valence-electron chi connectivity index (χ4n) is 2.52. The summed E-state index contributed by atoms with van der Waals surface area (Å²) in [7, 11) is -1.05. The molecule has 0 amide bonds. The quantitative estimate of drug-likeness (QED) is 0.836. The molecule has 0 spiro atoms. The average molecular weight is 347 g/mol. The van der Waals surface area contributed by atoms with Gasteiger partial charge in [-0.05, 0) is 44.1 Å². The summed E-state index contributed by atoms with van der Waals surface area (Å²) in [5, 5.41) is 3.48. The molecule has 1 aliphatic rings. The van der Waals surface area contributed by atoms with Crippen molar-refractivity contribution in [3.63, 3.8) is 0 Å². The highest BCUT2D eigenvalue weighted by molar-refractivity contribution is 7.89. The van der Waals surface area contributed by atoms with Gasteiger partial charge in [-0.15, -0.1) is 0 Å². The molecule has 22 heavy (non-hydrogen) atoms. The number of ether oxygens (including phenoxy) is 1. The van der Waals surface area contributed by atoms with Gasteiger partial charge in [-0.3, -0.25) is 0 Å². The molecule has 1 aromatic rings. The number of nitrogens with one attached hydrogen (secondary N) is 1. The molecule has 1 aliphatic heterocycles. The summed E-state index contributed by atoms with van der Waals surface area (Å²) >= 11 is 5.87. The van der Waals surface area contributed by atoms with Crippen LogP contribution >= 0.6 is 11.6 Å². The molecule has 0 unspecified atom stereocenters. The van der Waals surface area contributed by atoms with E-state index in [4.69, 9.17) is 11.6 Å². The van der Waals surface area contributed by atoms with E-state index in [9.17, 15) is 13.2 Å². The molecule has 6 nitrogen and oxygen atoms in total. The molecule has 1 heterocycles. The van der Waals surface area contributed by atoms with E-state index < -0.39 is 16.0 Å². The second-order valence-corrected chi connectivity index (χ2v) is 7.54. The third kappa shape index (κ3) is 3.43. The van der Waals surface area contributed by atoms with Gasteiger partial charge in [-0.25, -0.2) is 13.2 Å². The number of rotatable bonds is 4. The van der Waals surface area contributed by atoms with Crippen molar-refractivity contribution in [2.75, 3.05) is 27.2 Å². The lowest BCUT2D eigenvalue weighted by atomic mass is 10.1. The number of hydrogen-bond donors (Lipinski definition) is 1. The molecule has 1 aromatic carbocycles. The Balaban J connectivity index is 2.42. The minimum Gasteiger partial charge on any atom is -0.465 e. The van der Waals surface area contributed by atoms with Crippen molar-refractivity contribution in [1.29, 1.82) is 0 Å². The molecule has 0 atom stereocenters. The Morgan fingerprint density at radius 3 is 2.59 bits per heavy atom. The molecule has 1 saturated heterocycles. The topological polar surface area (TPSA) is 75.7 Å². The van der Waals surface area contributed by atoms with Crippen molar-refractivity contribution < 1.29 is 17.9 Å². The second kappa shape index (κ2) is 6.95. The van der Waals surface area contributed by atoms with Crippen molar-refractivity contribution in [2.24, 2.45) is 0 Å². The molecule has 2 rings (SSSR count). The monoisotopic (exact) mass is 346 g/mol. The largest absolute Gasteiger partial charge is 0.465 e. The highest BCUT2D eigenvalue weighted by Gasteiger charge is 2.32. The van der Waals surface area contributed by atoms with Gasteiger partial charge < -0.3 is 10.1 Å². The maximum Gasteiger partial charge on any atom is 0.339 e. The highest BCUT2D eigenvalue weighted by atomic mass is 35.5. The summed E-state index contributed by atoms with van der Waals surface area (Å²) in [5.41, 5.74) is -0.0456. The lowest BCUT2D eigenvalue weighted by Gasteiger charge is -2.31. The Hall–Kier alpha value is -1.15. The molecule has 8 heteroatoms. The summed E-state index contributed by atoms with van der Waals surface area (Å²) < 4.78 is 31.7. The Morgan fingerprint density at radius 2 is 2.00 bits per heavy atom. The highest BCUT2D eigenvalue weighted by Crippen LogP contribution is 2.26. The third-order valence-corrected chi connectivity index (χ3v) is 6.03. The minimum atomic E-state index is -3.80. The first-order valence-corrected chi connectivity index (χ1v) is 8.76. The van der Waals surface area contributed by atoms with E-state index in [0.717, 1.165) is 25.9 Å². The number of hydrogen-bond acceptors (Lipinski definition) is 5. The van der Waals surface area contributed by atoms with E-state index in [-0.39, 0.29) is 21.5 Å². The van der Waals surface area contributed by atoms with Gasteiger partial charge in [0.25, 0.3) is 0 Å². The summed E-state index contributed by atoms with van der Waals surface area (Å²) in [6, 6.07) is 4.03. The third-order valence-electron chi connectivity index (χ3n) is 3.83. The lowest BCUT2D eigenvalue weighted by molar-refractivity contribution is 0.0596. The van der Waals surface area contributed by atoms with Crippen LogP contribution in [0.5, 0.6) is 0 Å². The summed E-state index contributed by atoms with van der Waals surface area (Å²) in [5.74, 6) is -0.722. The average Bonchev–Trinajstić information content (AvgIpc) is 2.53. The van der Waals surface area contributed by atoms with E-state index in [2.05, 4.69) is 10.1 Å². The molecule has 0 aromatic heterocycles. The molecule has 1 fully saturated rings. The first-order valence-electron chi connectivity index (χ1n) is 6.94. The fourth-order valence-corrected chi connectivity index (χ4v) is 4.26. The zero-order valence-corrected chi connectivity index (χ0v) is 14.1. The van der Waals surface area contributed by atoms with Gasteiger partial charge in [0, 0.05) is 18.1 Å². The number of nitrogens with zero attached hydrogens (tertiary/aromatic N) is 1. The van der Waals surface area contributed by atoms with E-state index in [1.165, 1.54) is 29.6 Å². The predicted octanol–water partition coefficient (Wildman–Crippen LogP) is 1.50. The number of methoxy groups -OCH3 is 1. The molecule has 0 radical (unpaired) electrons. The van der Waals surface area contributed by atoms with Crippen LogP contribution in [0.15, 0.2) is 23.1 Å². The molecular weight excluding hydrogens is 328 g/mol. The molecule has 0 bridgehead atoms. The van der Waals surface area contributed by atoms with Gasteiger partial charge in [0.1, 0.15) is 0 Å². The van der Waals surface area contributed by atoms with Crippen molar-refractivity contribution in [3.05, 3.63) is 28.8 Å². The zero-order chi connectivity index (χ0) is 16.3. The van der Waals surface area contributed by atoms with Gasteiger partial charge >= 0.3 is 5.97 Å². The molecular formula is C14H19ClN2O4S. The smallest absolute Gasteiger partial charge is 0.339 e. The van der Waals surface area contributed by atoms with Crippen molar-refractivity contribution in [1.82, 2.24) is 9.62 Å². The van der Waals surface area contributed by atoms with Crippen LogP contribution in [-0.2, 0) is 14.8 Å². The Labute approximate surface area is 135 Å². The van der Waals surface area contributed by atoms with Crippen LogP contribution in [0.25, 0.3) is 0 Å². The van der Waals surface area contributed by atoms with Gasteiger partial charge in [-0.2, -0.15) is 4.31 Å². The van der Waals surface area contributed by atoms with Crippen LogP contribution < -0.4 is 5.32 Å². The Bertz CT molecular complexity index is 657. The number of carbonyl (C=O) groups is 1. The number of carbonyl (C=O) groups excluding carboxylic acids is 1. The predicted molar refractivity (Wildman–Crippen MR) is 83.6 cm³/mol. The molecule has 0 saturated carbocycles. The van der Waals surface area contributed by atoms with Crippen LogP contribution in [0.3, 0.4) is 0 Å². The molecule has 0 aliphatic carbocycles. The standard InChI is InChI=1S/C14H19ClN2O4S/c1-17(11-5-7-16-8-6-11)22(19,20)13-4-3-10(15)9-12(13)14(18)21-2/h3-4,9,11,16H,5-8H2,1-2H3. The SMILES string of the molecule is COC(=O)c1cc(Cl)ccc1S(=O)(=O)N(C)C1CCNCC1. The van der Waals surface area contributed by atoms with Crippen LogP contribution in [-0.4, -0.2) is 52.0 Å². The van der Waals surface area contributed by atoms with Crippen molar-refractivity contribution >= 4 is 27.6 Å². The number of sulfonamides is 1. The van der Waals surface area contributed by atoms with Gasteiger partial charge in [-0.1, -0.05) is 11.6 Å². The summed E-state index contributed by atoms with van der Waals surface area (Å²) in [6.45, 7) is 1.55. The number of piperidine rings is 1. The lowest BCUT2D eigenvalue weighted by Crippen LogP contribution is -2.44. The number of benzene rings is 1. The van der Waals surface area contributed by atoms with Crippen LogP contribution in [0, 0.1) is 0 Å². The first kappa shape index (κ1) is 17.2. The van der Waals surface area contributed by atoms with Gasteiger partial charge in [0.15, 0.2) is 0 Å². The molecule has 1 N–H and O–H groups in total. The zero-order valence-electron chi connectivity index (χ0n) is 12.5. The number of halogens is 1. The maximum atomic E-state index is 12.8. The maximum absolute atomic E-state index is 12.8. The minimum absolute atomic E-state index is 0.0456. The first-order chi connectivity index (χ1) is 10.4. The summed E-state index contributed by atoms with van der Waals surface area (Å²) in [4.78, 5) is 11.8. The van der Waals surface area contributed by atoms with Crippen LogP contribution in [0.1, 0.15) is 23.2 Å². The summed E-state index contributed by atoms with van der Waals surface area (Å²) in [6.07, 6.45) is 1.47. The van der Waals surface area contributed by atoms with Crippen molar-refractivity contribution in [2.45, 2.75) is 23.8 Å². The Kier molecular flexibility index (Phi) is 5.44. The fraction of sp³-hybridized carbons (Fsp3) is 0.500. The number of esters is 1. The van der Waals surface area contributed by atoms with E-state index >= 15 is 0 Å². The van der Waals surface area contributed by atoms with E-state index in [1.54, 1.807) is 7.05 Å². The van der Waals surface area contributed by atoms with E-state index in [0.29, 0.717) is 0 Å². The normalized spacial score (nSPS) is 16.7. The second-order valence-electron chi connectivity index (χ2n) is 5.13. The van der Waals surface area contributed by atoms with Crippen LogP contribution in [0.4, 0.5) is 0 Å². The molecule has 122 valence electrons. The van der Waals surface area contributed by atoms with Crippen LogP contribution in [0.2, 0.25) is 5.02 Å². The van der Waals surface area contributed by atoms with E-state index in [1.807, 2.05) is 0 Å². The Morgan fingerprint density at radius 1 is 1.36 bits per heavy atom. The van der Waals surface area contributed by atoms with Crippen molar-refractivity contribution in [3.8, 4) is 0 Å². The van der Waals surface area contributed by atoms with Gasteiger partial charge in [0.2, 0.25) is 10.0 Å².